The topological polar surface area (TPSA) is 139 Å². The lowest BCUT2D eigenvalue weighted by Crippen LogP contribution is -2.26. The van der Waals surface area contributed by atoms with Crippen LogP contribution in [0.15, 0.2) is 64.5 Å². The van der Waals surface area contributed by atoms with Gasteiger partial charge in [-0.05, 0) is 61.4 Å². The quantitative estimate of drug-likeness (QED) is 0.176. The molecule has 0 fully saturated rings. The molecule has 0 atom stereocenters. The van der Waals surface area contributed by atoms with E-state index >= 15 is 0 Å². The minimum Gasteiger partial charge on any atom is -0.494 e. The predicted octanol–water partition coefficient (Wildman–Crippen LogP) is 4.08. The number of hydrogen-bond acceptors (Lipinski definition) is 10. The highest BCUT2D eigenvalue weighted by Gasteiger charge is 2.20. The van der Waals surface area contributed by atoms with Gasteiger partial charge in [0.2, 0.25) is 25.4 Å². The zero-order chi connectivity index (χ0) is 30.5. The van der Waals surface area contributed by atoms with Gasteiger partial charge in [-0.3, -0.25) is 19.0 Å². The number of nitrogens with zero attached hydrogens (tertiary/aromatic N) is 2. The zero-order valence-electron chi connectivity index (χ0n) is 23.9. The van der Waals surface area contributed by atoms with E-state index in [0.29, 0.717) is 70.1 Å². The fraction of sp³-hybridized carbons (Fsp3) is 0.290. The standard InChI is InChI=1S/C31H30N4O8S/c1-2-39-21-8-6-20(7-9-21)33-29(37)16-44-31-34-23-14-27-26(42-18-43-27)13-22(23)30(38)35(31)11-3-4-28(36)32-15-19-5-10-24-25(12-19)41-17-40-24/h5-10,12-14H,2-4,11,15-18H2,1H3,(H,32,36)(H,33,37). The van der Waals surface area contributed by atoms with Gasteiger partial charge in [-0.25, -0.2) is 4.98 Å². The van der Waals surface area contributed by atoms with E-state index in [9.17, 15) is 14.4 Å². The van der Waals surface area contributed by atoms with Crippen LogP contribution in [0.3, 0.4) is 0 Å². The number of thioether (sulfide) groups is 1. The average Bonchev–Trinajstić information content (AvgIpc) is 3.69. The molecule has 0 spiro atoms. The third-order valence-electron chi connectivity index (χ3n) is 6.91. The Labute approximate surface area is 256 Å². The van der Waals surface area contributed by atoms with Crippen molar-refractivity contribution in [1.82, 2.24) is 14.9 Å². The van der Waals surface area contributed by atoms with Crippen LogP contribution in [0.2, 0.25) is 0 Å². The molecular weight excluding hydrogens is 588 g/mol. The number of nitrogens with one attached hydrogen (secondary N) is 2. The summed E-state index contributed by atoms with van der Waals surface area (Å²) in [6.45, 7) is 3.27. The first kappa shape index (κ1) is 29.2. The molecule has 228 valence electrons. The summed E-state index contributed by atoms with van der Waals surface area (Å²) in [5.41, 5.74) is 1.66. The Balaban J connectivity index is 1.12. The number of fused-ring (bicyclic) bond motifs is 3. The highest BCUT2D eigenvalue weighted by Crippen LogP contribution is 2.35. The predicted molar refractivity (Wildman–Crippen MR) is 163 cm³/mol. The number of aromatic nitrogens is 2. The summed E-state index contributed by atoms with van der Waals surface area (Å²) in [5.74, 6) is 2.64. The minimum absolute atomic E-state index is 0.0196. The van der Waals surface area contributed by atoms with Crippen molar-refractivity contribution in [2.75, 3.05) is 31.3 Å². The van der Waals surface area contributed by atoms with Gasteiger partial charge in [-0.2, -0.15) is 0 Å². The maximum Gasteiger partial charge on any atom is 0.262 e. The maximum absolute atomic E-state index is 13.6. The van der Waals surface area contributed by atoms with Crippen LogP contribution in [0, 0.1) is 0 Å². The number of amides is 2. The summed E-state index contributed by atoms with van der Waals surface area (Å²) < 4.78 is 28.6. The summed E-state index contributed by atoms with van der Waals surface area (Å²) in [4.78, 5) is 43.7. The minimum atomic E-state index is -0.288. The van der Waals surface area contributed by atoms with Gasteiger partial charge in [-0.1, -0.05) is 17.8 Å². The number of hydrogen-bond donors (Lipinski definition) is 2. The number of ether oxygens (including phenoxy) is 5. The Bertz CT molecular complexity index is 1760. The lowest BCUT2D eigenvalue weighted by atomic mass is 10.2. The fourth-order valence-electron chi connectivity index (χ4n) is 4.76. The summed E-state index contributed by atoms with van der Waals surface area (Å²) in [6, 6.07) is 15.9. The van der Waals surface area contributed by atoms with Crippen LogP contribution in [-0.4, -0.2) is 47.3 Å². The van der Waals surface area contributed by atoms with E-state index in [0.717, 1.165) is 17.3 Å². The van der Waals surface area contributed by atoms with Gasteiger partial charge in [0.25, 0.3) is 5.56 Å². The maximum atomic E-state index is 13.6. The SMILES string of the molecule is CCOc1ccc(NC(=O)CSc2nc3cc4c(cc3c(=O)n2CCCC(=O)NCc2ccc3c(c2)OCO3)OCO4)cc1. The molecule has 0 saturated carbocycles. The van der Waals surface area contributed by atoms with E-state index in [1.54, 1.807) is 36.4 Å². The molecular formula is C31H30N4O8S. The molecule has 2 amide bonds. The Hall–Kier alpha value is -4.91. The second-order valence-corrected chi connectivity index (χ2v) is 10.9. The molecule has 3 heterocycles. The average molecular weight is 619 g/mol. The van der Waals surface area contributed by atoms with Gasteiger partial charge in [-0.15, -0.1) is 0 Å². The van der Waals surface area contributed by atoms with Crippen LogP contribution < -0.4 is 39.9 Å². The molecule has 0 aliphatic carbocycles. The van der Waals surface area contributed by atoms with Crippen molar-refractivity contribution in [2.45, 2.75) is 38.0 Å². The van der Waals surface area contributed by atoms with Gasteiger partial charge >= 0.3 is 0 Å². The van der Waals surface area contributed by atoms with Crippen LogP contribution in [0.5, 0.6) is 28.7 Å². The van der Waals surface area contributed by atoms with Crippen LogP contribution in [0.4, 0.5) is 5.69 Å². The Morgan fingerprint density at radius 3 is 2.43 bits per heavy atom. The lowest BCUT2D eigenvalue weighted by Gasteiger charge is -2.14. The molecule has 6 rings (SSSR count). The smallest absolute Gasteiger partial charge is 0.262 e. The number of carbonyl (C=O) groups is 2. The van der Waals surface area contributed by atoms with Gasteiger partial charge in [0.1, 0.15) is 5.75 Å². The number of carbonyl (C=O) groups excluding carboxylic acids is 2. The van der Waals surface area contributed by atoms with Crippen molar-refractivity contribution in [3.8, 4) is 28.7 Å². The number of benzene rings is 3. The molecule has 44 heavy (non-hydrogen) atoms. The molecule has 0 bridgehead atoms. The van der Waals surface area contributed by atoms with Gasteiger partial charge in [0.05, 0.1) is 23.3 Å². The van der Waals surface area contributed by atoms with Crippen molar-refractivity contribution in [2.24, 2.45) is 0 Å². The monoisotopic (exact) mass is 618 g/mol. The first-order chi connectivity index (χ1) is 21.5. The Morgan fingerprint density at radius 2 is 1.66 bits per heavy atom. The Kier molecular flexibility index (Phi) is 8.73. The van der Waals surface area contributed by atoms with E-state index in [1.807, 2.05) is 25.1 Å². The first-order valence-corrected chi connectivity index (χ1v) is 15.1. The second kappa shape index (κ2) is 13.2. The molecule has 3 aromatic carbocycles. The van der Waals surface area contributed by atoms with E-state index in [2.05, 4.69) is 10.6 Å². The highest BCUT2D eigenvalue weighted by molar-refractivity contribution is 7.99. The molecule has 0 unspecified atom stereocenters. The molecule has 2 aliphatic rings. The van der Waals surface area contributed by atoms with Crippen LogP contribution in [-0.2, 0) is 22.7 Å². The summed E-state index contributed by atoms with van der Waals surface area (Å²) in [6.07, 6.45) is 0.578. The van der Waals surface area contributed by atoms with Crippen LogP contribution in [0.1, 0.15) is 25.3 Å². The van der Waals surface area contributed by atoms with Crippen molar-refractivity contribution in [1.29, 1.82) is 0 Å². The van der Waals surface area contributed by atoms with Gasteiger partial charge < -0.3 is 34.3 Å². The molecule has 12 nitrogen and oxygen atoms in total. The molecule has 2 aliphatic heterocycles. The van der Waals surface area contributed by atoms with Gasteiger partial charge in [0.15, 0.2) is 28.2 Å². The van der Waals surface area contributed by atoms with Crippen molar-refractivity contribution < 1.29 is 33.3 Å². The summed E-state index contributed by atoms with van der Waals surface area (Å²) >= 11 is 1.14. The summed E-state index contributed by atoms with van der Waals surface area (Å²) in [7, 11) is 0. The normalized spacial score (nSPS) is 12.8. The summed E-state index contributed by atoms with van der Waals surface area (Å²) in [5, 5.41) is 6.48. The largest absolute Gasteiger partial charge is 0.494 e. The van der Waals surface area contributed by atoms with E-state index in [1.165, 1.54) is 4.57 Å². The molecule has 1 aromatic heterocycles. The molecule has 0 saturated heterocycles. The van der Waals surface area contributed by atoms with Crippen molar-refractivity contribution in [3.63, 3.8) is 0 Å². The van der Waals surface area contributed by atoms with E-state index in [-0.39, 0.29) is 49.7 Å². The first-order valence-electron chi connectivity index (χ1n) is 14.1. The third-order valence-corrected chi connectivity index (χ3v) is 7.88. The van der Waals surface area contributed by atoms with Crippen LogP contribution >= 0.6 is 11.8 Å². The zero-order valence-corrected chi connectivity index (χ0v) is 24.7. The number of anilines is 1. The molecule has 0 radical (unpaired) electrons. The molecule has 4 aromatic rings. The Morgan fingerprint density at radius 1 is 0.932 bits per heavy atom. The highest BCUT2D eigenvalue weighted by atomic mass is 32.2. The molecule has 13 heteroatoms. The fourth-order valence-corrected chi connectivity index (χ4v) is 5.59. The molecule has 2 N–H and O–H groups in total. The van der Waals surface area contributed by atoms with Gasteiger partial charge in [0, 0.05) is 31.3 Å². The van der Waals surface area contributed by atoms with Crippen molar-refractivity contribution in [3.05, 3.63) is 70.5 Å². The van der Waals surface area contributed by atoms with Crippen molar-refractivity contribution >= 4 is 40.2 Å². The van der Waals surface area contributed by atoms with Crippen LogP contribution in [0.25, 0.3) is 10.9 Å². The third kappa shape index (κ3) is 6.67. The number of rotatable bonds is 12. The lowest BCUT2D eigenvalue weighted by molar-refractivity contribution is -0.121. The van der Waals surface area contributed by atoms with E-state index in [4.69, 9.17) is 28.7 Å². The van der Waals surface area contributed by atoms with E-state index < -0.39 is 0 Å². The second-order valence-electron chi connectivity index (χ2n) is 9.94.